The molecule has 0 aliphatic rings. The summed E-state index contributed by atoms with van der Waals surface area (Å²) >= 11 is 0. The van der Waals surface area contributed by atoms with Crippen molar-refractivity contribution in [2.75, 3.05) is 13.7 Å². The zero-order valence-electron chi connectivity index (χ0n) is 10.8. The Morgan fingerprint density at radius 2 is 2.11 bits per heavy atom. The number of carbonyl (C=O) groups excluding carboxylic acids is 2. The lowest BCUT2D eigenvalue weighted by molar-refractivity contribution is -0.149. The Balaban J connectivity index is 2.90. The third-order valence-electron chi connectivity index (χ3n) is 2.52. The van der Waals surface area contributed by atoms with Crippen LogP contribution in [0.4, 0.5) is 4.39 Å². The second-order valence-electron chi connectivity index (χ2n) is 3.80. The fourth-order valence-electron chi connectivity index (χ4n) is 1.53. The van der Waals surface area contributed by atoms with Crippen LogP contribution in [-0.4, -0.2) is 31.8 Å². The lowest BCUT2D eigenvalue weighted by Crippen LogP contribution is -2.31. The van der Waals surface area contributed by atoms with Crippen LogP contribution in [0.3, 0.4) is 0 Å². The molecule has 6 heteroatoms. The van der Waals surface area contributed by atoms with Crippen molar-refractivity contribution in [2.45, 2.75) is 19.1 Å². The first-order chi connectivity index (χ1) is 9.01. The average molecular weight is 269 g/mol. The standard InChI is InChI=1S/C13H16FNO4/c1-3-19-13(17)10(14)11(15)8-5-4-6-9(7-8)12(16)18-2/h4-7,10-11H,3,15H2,1-2H3/t10?,11-/m0/s1. The van der Waals surface area contributed by atoms with Crippen molar-refractivity contribution in [3.8, 4) is 0 Å². The molecule has 0 saturated heterocycles. The van der Waals surface area contributed by atoms with Crippen LogP contribution in [0.2, 0.25) is 0 Å². The molecule has 1 aromatic rings. The van der Waals surface area contributed by atoms with E-state index >= 15 is 0 Å². The van der Waals surface area contributed by atoms with Gasteiger partial charge in [0.1, 0.15) is 0 Å². The van der Waals surface area contributed by atoms with E-state index in [1.807, 2.05) is 0 Å². The Bertz CT molecular complexity index is 464. The maximum atomic E-state index is 13.8. The molecule has 0 spiro atoms. The molecule has 104 valence electrons. The normalized spacial score (nSPS) is 13.5. The van der Waals surface area contributed by atoms with Crippen LogP contribution < -0.4 is 5.73 Å². The Kier molecular flexibility index (Phi) is 5.44. The summed E-state index contributed by atoms with van der Waals surface area (Å²) in [7, 11) is 1.24. The summed E-state index contributed by atoms with van der Waals surface area (Å²) in [5.74, 6) is -1.57. The molecule has 0 bridgehead atoms. The van der Waals surface area contributed by atoms with Crippen LogP contribution in [0.5, 0.6) is 0 Å². The quantitative estimate of drug-likeness (QED) is 0.817. The zero-order valence-corrected chi connectivity index (χ0v) is 10.8. The Hall–Kier alpha value is -1.95. The van der Waals surface area contributed by atoms with Gasteiger partial charge in [0, 0.05) is 0 Å². The van der Waals surface area contributed by atoms with E-state index < -0.39 is 24.2 Å². The van der Waals surface area contributed by atoms with E-state index in [0.717, 1.165) is 0 Å². The number of ether oxygens (including phenoxy) is 2. The third kappa shape index (κ3) is 3.75. The molecule has 1 unspecified atom stereocenters. The Morgan fingerprint density at radius 3 is 2.68 bits per heavy atom. The van der Waals surface area contributed by atoms with Crippen molar-refractivity contribution in [3.63, 3.8) is 0 Å². The molecule has 0 aromatic heterocycles. The predicted octanol–water partition coefficient (Wildman–Crippen LogP) is 1.37. The fourth-order valence-corrected chi connectivity index (χ4v) is 1.53. The highest BCUT2D eigenvalue weighted by Gasteiger charge is 2.28. The van der Waals surface area contributed by atoms with Gasteiger partial charge in [-0.05, 0) is 24.6 Å². The minimum Gasteiger partial charge on any atom is -0.465 e. The van der Waals surface area contributed by atoms with Crippen molar-refractivity contribution in [2.24, 2.45) is 5.73 Å². The van der Waals surface area contributed by atoms with Crippen molar-refractivity contribution in [1.29, 1.82) is 0 Å². The van der Waals surface area contributed by atoms with Gasteiger partial charge in [0.05, 0.1) is 25.3 Å². The molecule has 5 nitrogen and oxygen atoms in total. The van der Waals surface area contributed by atoms with Crippen LogP contribution in [0.15, 0.2) is 24.3 Å². The molecule has 0 radical (unpaired) electrons. The van der Waals surface area contributed by atoms with E-state index in [9.17, 15) is 14.0 Å². The maximum absolute atomic E-state index is 13.8. The van der Waals surface area contributed by atoms with Crippen molar-refractivity contribution in [3.05, 3.63) is 35.4 Å². The summed E-state index contributed by atoms with van der Waals surface area (Å²) in [6, 6.07) is 4.79. The number of carbonyl (C=O) groups is 2. The van der Waals surface area contributed by atoms with Gasteiger partial charge in [-0.25, -0.2) is 14.0 Å². The van der Waals surface area contributed by atoms with Crippen LogP contribution in [0, 0.1) is 0 Å². The highest BCUT2D eigenvalue weighted by Crippen LogP contribution is 2.19. The summed E-state index contributed by atoms with van der Waals surface area (Å²) in [6.07, 6.45) is -1.98. The number of rotatable bonds is 5. The summed E-state index contributed by atoms with van der Waals surface area (Å²) in [5.41, 5.74) is 6.22. The molecule has 0 aliphatic heterocycles. The summed E-state index contributed by atoms with van der Waals surface area (Å²) in [4.78, 5) is 22.6. The lowest BCUT2D eigenvalue weighted by Gasteiger charge is -2.16. The molecular formula is C13H16FNO4. The Labute approximate surface area is 110 Å². The summed E-state index contributed by atoms with van der Waals surface area (Å²) in [5, 5.41) is 0. The molecule has 2 N–H and O–H groups in total. The van der Waals surface area contributed by atoms with Crippen molar-refractivity contribution in [1.82, 2.24) is 0 Å². The van der Waals surface area contributed by atoms with E-state index in [0.29, 0.717) is 5.56 Å². The molecule has 0 heterocycles. The first kappa shape index (κ1) is 15.1. The van der Waals surface area contributed by atoms with E-state index in [1.165, 1.54) is 25.3 Å². The van der Waals surface area contributed by atoms with E-state index in [2.05, 4.69) is 9.47 Å². The van der Waals surface area contributed by atoms with Gasteiger partial charge in [-0.2, -0.15) is 0 Å². The third-order valence-corrected chi connectivity index (χ3v) is 2.52. The fraction of sp³-hybridized carbons (Fsp3) is 0.385. The molecule has 0 aliphatic carbocycles. The highest BCUT2D eigenvalue weighted by atomic mass is 19.1. The van der Waals surface area contributed by atoms with Gasteiger partial charge in [-0.3, -0.25) is 0 Å². The van der Waals surface area contributed by atoms with E-state index in [1.54, 1.807) is 13.0 Å². The number of methoxy groups -OCH3 is 1. The number of halogens is 1. The average Bonchev–Trinajstić information content (AvgIpc) is 2.45. The largest absolute Gasteiger partial charge is 0.465 e. The van der Waals surface area contributed by atoms with Crippen LogP contribution in [0.1, 0.15) is 28.9 Å². The van der Waals surface area contributed by atoms with Crippen LogP contribution >= 0.6 is 0 Å². The van der Waals surface area contributed by atoms with Gasteiger partial charge in [0.2, 0.25) is 6.17 Å². The number of nitrogens with two attached hydrogens (primary N) is 1. The first-order valence-electron chi connectivity index (χ1n) is 5.75. The minimum absolute atomic E-state index is 0.0776. The zero-order chi connectivity index (χ0) is 14.4. The first-order valence-corrected chi connectivity index (χ1v) is 5.75. The van der Waals surface area contributed by atoms with E-state index in [4.69, 9.17) is 5.73 Å². The number of hydrogen-bond acceptors (Lipinski definition) is 5. The summed E-state index contributed by atoms with van der Waals surface area (Å²) < 4.78 is 22.9. The molecule has 1 rings (SSSR count). The topological polar surface area (TPSA) is 78.6 Å². The number of alkyl halides is 1. The molecule has 1 aromatic carbocycles. The van der Waals surface area contributed by atoms with Gasteiger partial charge < -0.3 is 15.2 Å². The number of esters is 2. The van der Waals surface area contributed by atoms with Crippen LogP contribution in [-0.2, 0) is 14.3 Å². The lowest BCUT2D eigenvalue weighted by atomic mass is 10.0. The van der Waals surface area contributed by atoms with Crippen molar-refractivity contribution < 1.29 is 23.5 Å². The second kappa shape index (κ2) is 6.84. The van der Waals surface area contributed by atoms with Gasteiger partial charge in [-0.15, -0.1) is 0 Å². The molecule has 0 saturated carbocycles. The smallest absolute Gasteiger partial charge is 0.342 e. The van der Waals surface area contributed by atoms with Gasteiger partial charge in [-0.1, -0.05) is 12.1 Å². The second-order valence-corrected chi connectivity index (χ2v) is 3.80. The monoisotopic (exact) mass is 269 g/mol. The predicted molar refractivity (Wildman–Crippen MR) is 66.2 cm³/mol. The molecular weight excluding hydrogens is 253 g/mol. The molecule has 0 fully saturated rings. The summed E-state index contributed by atoms with van der Waals surface area (Å²) in [6.45, 7) is 1.65. The van der Waals surface area contributed by atoms with Crippen molar-refractivity contribution >= 4 is 11.9 Å². The SMILES string of the molecule is CCOC(=O)C(F)[C@@H](N)c1cccc(C(=O)OC)c1. The Morgan fingerprint density at radius 1 is 1.42 bits per heavy atom. The van der Waals surface area contributed by atoms with Gasteiger partial charge in [0.25, 0.3) is 0 Å². The molecule has 2 atom stereocenters. The van der Waals surface area contributed by atoms with E-state index in [-0.39, 0.29) is 12.2 Å². The van der Waals surface area contributed by atoms with Crippen LogP contribution in [0.25, 0.3) is 0 Å². The van der Waals surface area contributed by atoms with Gasteiger partial charge in [0.15, 0.2) is 0 Å². The number of benzene rings is 1. The molecule has 19 heavy (non-hydrogen) atoms. The highest BCUT2D eigenvalue weighted by molar-refractivity contribution is 5.89. The molecule has 0 amide bonds. The maximum Gasteiger partial charge on any atom is 0.342 e. The van der Waals surface area contributed by atoms with Gasteiger partial charge >= 0.3 is 11.9 Å². The minimum atomic E-state index is -1.98. The number of hydrogen-bond donors (Lipinski definition) is 1.